The number of aryl methyl sites for hydroxylation is 1. The number of hydrogen-bond donors (Lipinski definition) is 1. The number of benzene rings is 2. The summed E-state index contributed by atoms with van der Waals surface area (Å²) in [6, 6.07) is 16.1. The van der Waals surface area contributed by atoms with E-state index in [1.54, 1.807) is 13.3 Å². The lowest BCUT2D eigenvalue weighted by Gasteiger charge is -2.36. The molecule has 1 aliphatic carbocycles. The first-order valence-electron chi connectivity index (χ1n) is 10.4. The van der Waals surface area contributed by atoms with Gasteiger partial charge in [-0.1, -0.05) is 49.6 Å². The van der Waals surface area contributed by atoms with Crippen LogP contribution in [0.15, 0.2) is 54.7 Å². The molecule has 1 aliphatic rings. The Morgan fingerprint density at radius 3 is 2.69 bits per heavy atom. The van der Waals surface area contributed by atoms with Gasteiger partial charge < -0.3 is 10.1 Å². The molecule has 150 valence electrons. The van der Waals surface area contributed by atoms with E-state index in [1.165, 1.54) is 6.42 Å². The summed E-state index contributed by atoms with van der Waals surface area (Å²) in [6.45, 7) is 2.05. The molecule has 4 heteroatoms. The van der Waals surface area contributed by atoms with Crippen LogP contribution in [0.5, 0.6) is 5.75 Å². The molecule has 1 fully saturated rings. The van der Waals surface area contributed by atoms with Gasteiger partial charge in [-0.2, -0.15) is 0 Å². The normalized spacial score (nSPS) is 15.8. The third-order valence-corrected chi connectivity index (χ3v) is 6.26. The lowest BCUT2D eigenvalue weighted by molar-refractivity contribution is -0.127. The summed E-state index contributed by atoms with van der Waals surface area (Å²) < 4.78 is 5.38. The number of nitrogens with zero attached hydrogens (tertiary/aromatic N) is 1. The zero-order chi connectivity index (χ0) is 20.3. The second-order valence-electron chi connectivity index (χ2n) is 8.14. The third kappa shape index (κ3) is 3.98. The zero-order valence-electron chi connectivity index (χ0n) is 17.2. The molecule has 0 radical (unpaired) electrons. The Bertz CT molecular complexity index is 1020. The number of ether oxygens (including phenoxy) is 1. The molecule has 0 atom stereocenters. The molecule has 1 N–H and O–H groups in total. The van der Waals surface area contributed by atoms with E-state index in [4.69, 9.17) is 4.74 Å². The Kier molecular flexibility index (Phi) is 5.52. The first kappa shape index (κ1) is 19.4. The minimum Gasteiger partial charge on any atom is -0.497 e. The molecule has 2 aromatic carbocycles. The average molecular weight is 389 g/mol. The maximum atomic E-state index is 13.6. The Hall–Kier alpha value is -2.88. The number of amides is 1. The quantitative estimate of drug-likeness (QED) is 0.611. The summed E-state index contributed by atoms with van der Waals surface area (Å²) in [6.07, 6.45) is 7.72. The van der Waals surface area contributed by atoms with Crippen LogP contribution in [0.2, 0.25) is 0 Å². The van der Waals surface area contributed by atoms with Gasteiger partial charge in [0.25, 0.3) is 0 Å². The van der Waals surface area contributed by atoms with Crippen LogP contribution in [0.4, 0.5) is 5.69 Å². The number of carbonyl (C=O) groups is 1. The molecule has 0 spiro atoms. The molecule has 0 bridgehead atoms. The molecule has 1 aromatic heterocycles. The number of para-hydroxylation sites is 1. The van der Waals surface area contributed by atoms with Crippen LogP contribution >= 0.6 is 0 Å². The Morgan fingerprint density at radius 2 is 1.90 bits per heavy atom. The van der Waals surface area contributed by atoms with Gasteiger partial charge in [0.05, 0.1) is 29.9 Å². The first-order chi connectivity index (χ1) is 14.1. The maximum Gasteiger partial charge on any atom is 0.230 e. The highest BCUT2D eigenvalue weighted by molar-refractivity contribution is 5.98. The molecule has 0 aliphatic heterocycles. The van der Waals surface area contributed by atoms with E-state index in [2.05, 4.69) is 29.4 Å². The van der Waals surface area contributed by atoms with Crippen molar-refractivity contribution in [1.29, 1.82) is 0 Å². The highest BCUT2D eigenvalue weighted by Crippen LogP contribution is 2.41. The fraction of sp³-hybridized carbons (Fsp3) is 0.360. The molecule has 4 nitrogen and oxygen atoms in total. The molecular formula is C25H28N2O2. The molecule has 1 heterocycles. The Morgan fingerprint density at radius 1 is 1.10 bits per heavy atom. The topological polar surface area (TPSA) is 51.2 Å². The number of aromatic nitrogens is 1. The lowest BCUT2D eigenvalue weighted by Crippen LogP contribution is -2.40. The van der Waals surface area contributed by atoms with Crippen molar-refractivity contribution in [3.05, 3.63) is 65.9 Å². The van der Waals surface area contributed by atoms with Gasteiger partial charge >= 0.3 is 0 Å². The smallest absolute Gasteiger partial charge is 0.230 e. The van der Waals surface area contributed by atoms with E-state index >= 15 is 0 Å². The van der Waals surface area contributed by atoms with Gasteiger partial charge in [0, 0.05) is 5.39 Å². The Balaban J connectivity index is 1.63. The van der Waals surface area contributed by atoms with Crippen molar-refractivity contribution in [2.24, 2.45) is 5.41 Å². The van der Waals surface area contributed by atoms with Crippen molar-refractivity contribution in [3.8, 4) is 5.75 Å². The predicted octanol–water partition coefficient (Wildman–Crippen LogP) is 5.68. The van der Waals surface area contributed by atoms with Crippen molar-refractivity contribution in [3.63, 3.8) is 0 Å². The van der Waals surface area contributed by atoms with Crippen LogP contribution in [-0.2, 0) is 11.2 Å². The van der Waals surface area contributed by atoms with E-state index in [0.717, 1.165) is 65.6 Å². The van der Waals surface area contributed by atoms with Crippen LogP contribution in [0.3, 0.4) is 0 Å². The van der Waals surface area contributed by atoms with Crippen molar-refractivity contribution >= 4 is 22.5 Å². The number of anilines is 1. The second kappa shape index (κ2) is 8.24. The minimum atomic E-state index is -0.386. The number of methoxy groups -OCH3 is 1. The van der Waals surface area contributed by atoms with Crippen molar-refractivity contribution in [2.75, 3.05) is 12.4 Å². The predicted molar refractivity (Wildman–Crippen MR) is 117 cm³/mol. The summed E-state index contributed by atoms with van der Waals surface area (Å²) in [5, 5.41) is 4.31. The van der Waals surface area contributed by atoms with Crippen LogP contribution in [0.25, 0.3) is 10.9 Å². The van der Waals surface area contributed by atoms with Crippen LogP contribution in [-0.4, -0.2) is 18.0 Å². The third-order valence-electron chi connectivity index (χ3n) is 6.26. The number of hydrogen-bond acceptors (Lipinski definition) is 3. The molecule has 0 unspecified atom stereocenters. The van der Waals surface area contributed by atoms with E-state index in [0.29, 0.717) is 0 Å². The standard InChI is InChI=1S/C25H28N2O2/c1-18-21-11-4-5-12-22(21)26-17-23(18)27-24(28)25(13-6-3-7-14-25)16-19-9-8-10-20(15-19)29-2/h4-5,8-12,15,17H,3,6-7,13-14,16H2,1-2H3,(H,27,28). The van der Waals surface area contributed by atoms with Crippen LogP contribution in [0, 0.1) is 12.3 Å². The fourth-order valence-corrected chi connectivity index (χ4v) is 4.55. The highest BCUT2D eigenvalue weighted by Gasteiger charge is 2.39. The second-order valence-corrected chi connectivity index (χ2v) is 8.14. The summed E-state index contributed by atoms with van der Waals surface area (Å²) in [5.41, 5.74) is 3.59. The first-order valence-corrected chi connectivity index (χ1v) is 10.4. The number of fused-ring (bicyclic) bond motifs is 1. The van der Waals surface area contributed by atoms with Gasteiger partial charge in [-0.05, 0) is 55.5 Å². The van der Waals surface area contributed by atoms with Crippen molar-refractivity contribution in [2.45, 2.75) is 45.4 Å². The molecule has 3 aromatic rings. The SMILES string of the molecule is COc1cccc(CC2(C(=O)Nc3cnc4ccccc4c3C)CCCCC2)c1. The summed E-state index contributed by atoms with van der Waals surface area (Å²) in [5.74, 6) is 0.948. The molecular weight excluding hydrogens is 360 g/mol. The van der Waals surface area contributed by atoms with Crippen molar-refractivity contribution in [1.82, 2.24) is 4.98 Å². The Labute approximate surface area is 172 Å². The average Bonchev–Trinajstić information content (AvgIpc) is 2.76. The molecule has 1 amide bonds. The van der Waals surface area contributed by atoms with Gasteiger partial charge in [0.2, 0.25) is 5.91 Å². The van der Waals surface area contributed by atoms with Crippen LogP contribution < -0.4 is 10.1 Å². The summed E-state index contributed by atoms with van der Waals surface area (Å²) >= 11 is 0. The highest BCUT2D eigenvalue weighted by atomic mass is 16.5. The van der Waals surface area contributed by atoms with E-state index in [9.17, 15) is 4.79 Å². The maximum absolute atomic E-state index is 13.6. The molecule has 0 saturated heterocycles. The lowest BCUT2D eigenvalue weighted by atomic mass is 9.69. The fourth-order valence-electron chi connectivity index (χ4n) is 4.55. The summed E-state index contributed by atoms with van der Waals surface area (Å²) in [7, 11) is 1.68. The number of carbonyl (C=O) groups excluding carboxylic acids is 1. The summed E-state index contributed by atoms with van der Waals surface area (Å²) in [4.78, 5) is 18.1. The van der Waals surface area contributed by atoms with Crippen molar-refractivity contribution < 1.29 is 9.53 Å². The largest absolute Gasteiger partial charge is 0.497 e. The van der Waals surface area contributed by atoms with E-state index in [1.807, 2.05) is 36.4 Å². The van der Waals surface area contributed by atoms with Gasteiger partial charge in [-0.25, -0.2) is 0 Å². The number of nitrogens with one attached hydrogen (secondary N) is 1. The molecule has 1 saturated carbocycles. The van der Waals surface area contributed by atoms with Gasteiger partial charge in [0.1, 0.15) is 5.75 Å². The van der Waals surface area contributed by atoms with Gasteiger partial charge in [0.15, 0.2) is 0 Å². The minimum absolute atomic E-state index is 0.111. The van der Waals surface area contributed by atoms with Crippen LogP contribution in [0.1, 0.15) is 43.2 Å². The number of pyridine rings is 1. The zero-order valence-corrected chi connectivity index (χ0v) is 17.2. The van der Waals surface area contributed by atoms with E-state index < -0.39 is 0 Å². The van der Waals surface area contributed by atoms with Gasteiger partial charge in [-0.15, -0.1) is 0 Å². The van der Waals surface area contributed by atoms with E-state index in [-0.39, 0.29) is 11.3 Å². The number of rotatable bonds is 5. The monoisotopic (exact) mass is 388 g/mol. The van der Waals surface area contributed by atoms with Gasteiger partial charge in [-0.3, -0.25) is 9.78 Å². The molecule has 4 rings (SSSR count). The molecule has 29 heavy (non-hydrogen) atoms.